The van der Waals surface area contributed by atoms with Crippen LogP contribution >= 0.6 is 0 Å². The second-order valence-corrected chi connectivity index (χ2v) is 4.80. The summed E-state index contributed by atoms with van der Waals surface area (Å²) in [4.78, 5) is 35.4. The van der Waals surface area contributed by atoms with Crippen LogP contribution < -0.4 is 0 Å². The van der Waals surface area contributed by atoms with E-state index < -0.39 is 5.97 Å². The molecule has 0 saturated carbocycles. The van der Waals surface area contributed by atoms with Crippen molar-refractivity contribution in [3.05, 3.63) is 0 Å². The summed E-state index contributed by atoms with van der Waals surface area (Å²) in [5, 5.41) is 8.50. The molecule has 1 aliphatic rings. The molecule has 0 aromatic rings. The first-order chi connectivity index (χ1) is 9.04. The fourth-order valence-corrected chi connectivity index (χ4v) is 2.27. The van der Waals surface area contributed by atoms with Gasteiger partial charge in [0.15, 0.2) is 0 Å². The lowest BCUT2D eigenvalue weighted by Gasteiger charge is -2.31. The number of rotatable bonds is 6. The molecule has 1 unspecified atom stereocenters. The van der Waals surface area contributed by atoms with Crippen molar-refractivity contribution in [2.45, 2.75) is 38.5 Å². The molecule has 0 radical (unpaired) electrons. The zero-order valence-corrected chi connectivity index (χ0v) is 11.3. The molecular weight excluding hydrogens is 250 g/mol. The van der Waals surface area contributed by atoms with Crippen LogP contribution in [0.3, 0.4) is 0 Å². The number of hydrogen-bond acceptors (Lipinski definition) is 4. The van der Waals surface area contributed by atoms with Crippen LogP contribution in [-0.2, 0) is 19.1 Å². The number of esters is 1. The Morgan fingerprint density at radius 1 is 1.26 bits per heavy atom. The highest BCUT2D eigenvalue weighted by molar-refractivity contribution is 5.78. The minimum Gasteiger partial charge on any atom is -0.481 e. The van der Waals surface area contributed by atoms with E-state index in [1.807, 2.05) is 0 Å². The predicted molar refractivity (Wildman–Crippen MR) is 67.4 cm³/mol. The molecule has 6 nitrogen and oxygen atoms in total. The third kappa shape index (κ3) is 5.28. The van der Waals surface area contributed by atoms with Gasteiger partial charge in [0, 0.05) is 25.9 Å². The SMILES string of the molecule is COC(=O)C1CCCN(C(=O)CCCCC(=O)O)C1. The number of aliphatic carboxylic acids is 1. The summed E-state index contributed by atoms with van der Waals surface area (Å²) < 4.78 is 4.70. The Hall–Kier alpha value is -1.59. The van der Waals surface area contributed by atoms with Gasteiger partial charge in [-0.2, -0.15) is 0 Å². The highest BCUT2D eigenvalue weighted by Gasteiger charge is 2.28. The van der Waals surface area contributed by atoms with Crippen LogP contribution in [0.4, 0.5) is 0 Å². The summed E-state index contributed by atoms with van der Waals surface area (Å²) >= 11 is 0. The van der Waals surface area contributed by atoms with Gasteiger partial charge in [-0.1, -0.05) is 0 Å². The van der Waals surface area contributed by atoms with Gasteiger partial charge in [-0.25, -0.2) is 0 Å². The van der Waals surface area contributed by atoms with Crippen molar-refractivity contribution in [3.63, 3.8) is 0 Å². The molecule has 1 amide bonds. The number of likely N-dealkylation sites (tertiary alicyclic amines) is 1. The number of carbonyl (C=O) groups is 3. The second kappa shape index (κ2) is 7.76. The van der Waals surface area contributed by atoms with Crippen LogP contribution in [0.5, 0.6) is 0 Å². The van der Waals surface area contributed by atoms with Gasteiger partial charge in [-0.05, 0) is 25.7 Å². The number of piperidine rings is 1. The molecule has 19 heavy (non-hydrogen) atoms. The molecule has 1 heterocycles. The third-order valence-electron chi connectivity index (χ3n) is 3.34. The molecule has 1 aliphatic heterocycles. The highest BCUT2D eigenvalue weighted by atomic mass is 16.5. The Labute approximate surface area is 112 Å². The van der Waals surface area contributed by atoms with Gasteiger partial charge in [-0.3, -0.25) is 14.4 Å². The van der Waals surface area contributed by atoms with Crippen molar-refractivity contribution in [3.8, 4) is 0 Å². The number of methoxy groups -OCH3 is 1. The number of carbonyl (C=O) groups excluding carboxylic acids is 2. The molecule has 1 fully saturated rings. The number of hydrogen-bond donors (Lipinski definition) is 1. The zero-order valence-electron chi connectivity index (χ0n) is 11.3. The lowest BCUT2D eigenvalue weighted by Crippen LogP contribution is -2.42. The normalized spacial score (nSPS) is 19.0. The van der Waals surface area contributed by atoms with Gasteiger partial charge in [0.05, 0.1) is 13.0 Å². The maximum atomic E-state index is 11.9. The third-order valence-corrected chi connectivity index (χ3v) is 3.34. The number of amides is 1. The molecule has 108 valence electrons. The Morgan fingerprint density at radius 3 is 2.58 bits per heavy atom. The van der Waals surface area contributed by atoms with E-state index in [2.05, 4.69) is 0 Å². The van der Waals surface area contributed by atoms with Crippen LogP contribution in [-0.4, -0.2) is 48.1 Å². The summed E-state index contributed by atoms with van der Waals surface area (Å²) in [5.74, 6) is -1.32. The van der Waals surface area contributed by atoms with Crippen LogP contribution in [0.2, 0.25) is 0 Å². The van der Waals surface area contributed by atoms with Gasteiger partial charge in [0.1, 0.15) is 0 Å². The molecule has 6 heteroatoms. The standard InChI is InChI=1S/C13H21NO5/c1-19-13(18)10-5-4-8-14(9-10)11(15)6-2-3-7-12(16)17/h10H,2-9H2,1H3,(H,16,17). The highest BCUT2D eigenvalue weighted by Crippen LogP contribution is 2.19. The molecule has 1 N–H and O–H groups in total. The van der Waals surface area contributed by atoms with Crippen LogP contribution in [0.1, 0.15) is 38.5 Å². The van der Waals surface area contributed by atoms with Crippen molar-refractivity contribution < 1.29 is 24.2 Å². The summed E-state index contributed by atoms with van der Waals surface area (Å²) in [6.45, 7) is 1.09. The number of unbranched alkanes of at least 4 members (excludes halogenated alkanes) is 1. The number of ether oxygens (including phenoxy) is 1. The molecule has 1 rings (SSSR count). The fraction of sp³-hybridized carbons (Fsp3) is 0.769. The summed E-state index contributed by atoms with van der Waals surface area (Å²) in [6.07, 6.45) is 3.09. The van der Waals surface area contributed by atoms with Gasteiger partial charge in [0.25, 0.3) is 0 Å². The summed E-state index contributed by atoms with van der Waals surface area (Å²) in [6, 6.07) is 0. The first-order valence-corrected chi connectivity index (χ1v) is 6.62. The molecular formula is C13H21NO5. The lowest BCUT2D eigenvalue weighted by molar-refractivity contribution is -0.149. The predicted octanol–water partition coefficient (Wildman–Crippen LogP) is 1.04. The Balaban J connectivity index is 2.31. The topological polar surface area (TPSA) is 83.9 Å². The van der Waals surface area contributed by atoms with Gasteiger partial charge in [-0.15, -0.1) is 0 Å². The number of nitrogens with zero attached hydrogens (tertiary/aromatic N) is 1. The van der Waals surface area contributed by atoms with E-state index in [9.17, 15) is 14.4 Å². The smallest absolute Gasteiger partial charge is 0.310 e. The van der Waals surface area contributed by atoms with Gasteiger partial charge >= 0.3 is 11.9 Å². The average molecular weight is 271 g/mol. The van der Waals surface area contributed by atoms with E-state index in [0.717, 1.165) is 12.8 Å². The molecule has 1 atom stereocenters. The van der Waals surface area contributed by atoms with Gasteiger partial charge in [0.2, 0.25) is 5.91 Å². The average Bonchev–Trinajstić information content (AvgIpc) is 2.42. The Kier molecular flexibility index (Phi) is 6.32. The maximum absolute atomic E-state index is 11.9. The van der Waals surface area contributed by atoms with Crippen LogP contribution in [0, 0.1) is 5.92 Å². The zero-order chi connectivity index (χ0) is 14.3. The quantitative estimate of drug-likeness (QED) is 0.576. The van der Waals surface area contributed by atoms with E-state index >= 15 is 0 Å². The molecule has 0 bridgehead atoms. The van der Waals surface area contributed by atoms with Crippen LogP contribution in [0.25, 0.3) is 0 Å². The van der Waals surface area contributed by atoms with Gasteiger partial charge < -0.3 is 14.7 Å². The van der Waals surface area contributed by atoms with Crippen molar-refractivity contribution in [2.24, 2.45) is 5.92 Å². The monoisotopic (exact) mass is 271 g/mol. The minimum absolute atomic E-state index is 0.000933. The minimum atomic E-state index is -0.837. The van der Waals surface area contributed by atoms with E-state index in [1.165, 1.54) is 7.11 Å². The second-order valence-electron chi connectivity index (χ2n) is 4.80. The Bertz CT molecular complexity index is 342. The van der Waals surface area contributed by atoms with Crippen molar-refractivity contribution in [2.75, 3.05) is 20.2 Å². The largest absolute Gasteiger partial charge is 0.481 e. The number of carboxylic acids is 1. The number of carboxylic acid groups (broad SMARTS) is 1. The first-order valence-electron chi connectivity index (χ1n) is 6.62. The Morgan fingerprint density at radius 2 is 1.95 bits per heavy atom. The van der Waals surface area contributed by atoms with Crippen LogP contribution in [0.15, 0.2) is 0 Å². The van der Waals surface area contributed by atoms with E-state index in [0.29, 0.717) is 32.4 Å². The molecule has 1 saturated heterocycles. The lowest BCUT2D eigenvalue weighted by atomic mass is 9.98. The van der Waals surface area contributed by atoms with Crippen molar-refractivity contribution in [1.29, 1.82) is 0 Å². The first kappa shape index (κ1) is 15.5. The van der Waals surface area contributed by atoms with Crippen molar-refractivity contribution >= 4 is 17.8 Å². The maximum Gasteiger partial charge on any atom is 0.310 e. The van der Waals surface area contributed by atoms with E-state index in [1.54, 1.807) is 4.90 Å². The fourth-order valence-electron chi connectivity index (χ4n) is 2.27. The van der Waals surface area contributed by atoms with E-state index in [-0.39, 0.29) is 24.2 Å². The van der Waals surface area contributed by atoms with E-state index in [4.69, 9.17) is 9.84 Å². The molecule has 0 aromatic carbocycles. The summed E-state index contributed by atoms with van der Waals surface area (Å²) in [5.41, 5.74) is 0. The molecule has 0 aromatic heterocycles. The molecule has 0 aliphatic carbocycles. The summed E-state index contributed by atoms with van der Waals surface area (Å²) in [7, 11) is 1.36. The molecule has 0 spiro atoms. The van der Waals surface area contributed by atoms with Crippen molar-refractivity contribution in [1.82, 2.24) is 4.90 Å².